The minimum Gasteiger partial charge on any atom is -0.450 e. The minimum absolute atomic E-state index is 0. The molecule has 128 valence electrons. The molecule has 0 bridgehead atoms. The van der Waals surface area contributed by atoms with Crippen molar-refractivity contribution in [1.82, 2.24) is 16.0 Å². The first-order chi connectivity index (χ1) is 10.2. The van der Waals surface area contributed by atoms with Gasteiger partial charge in [-0.25, -0.2) is 4.79 Å². The number of alkyl carbamates (subject to hydrolysis) is 1. The summed E-state index contributed by atoms with van der Waals surface area (Å²) in [5, 5.41) is 9.73. The molecular formula is C15H29IN4O2. The lowest BCUT2D eigenvalue weighted by Gasteiger charge is -2.22. The van der Waals surface area contributed by atoms with Crippen LogP contribution in [-0.2, 0) is 4.74 Å². The Bertz CT molecular complexity index is 369. The number of aliphatic imine (C=N–C) groups is 1. The van der Waals surface area contributed by atoms with E-state index < -0.39 is 0 Å². The maximum atomic E-state index is 11.6. The summed E-state index contributed by atoms with van der Waals surface area (Å²) in [6.07, 6.45) is 7.05. The number of ether oxygens (including phenoxy) is 1. The summed E-state index contributed by atoms with van der Waals surface area (Å²) < 4.78 is 4.97. The molecular weight excluding hydrogens is 395 g/mol. The van der Waals surface area contributed by atoms with Gasteiger partial charge in [0.05, 0.1) is 12.6 Å². The quantitative estimate of drug-likeness (QED) is 0.347. The molecule has 0 spiro atoms. The molecule has 0 aromatic carbocycles. The van der Waals surface area contributed by atoms with Crippen LogP contribution in [0, 0.1) is 5.92 Å². The molecule has 3 N–H and O–H groups in total. The molecule has 2 saturated carbocycles. The van der Waals surface area contributed by atoms with Crippen LogP contribution in [0.4, 0.5) is 4.79 Å². The van der Waals surface area contributed by atoms with Gasteiger partial charge in [0.2, 0.25) is 0 Å². The zero-order chi connectivity index (χ0) is 15.1. The number of carbonyl (C=O) groups excluding carboxylic acids is 1. The van der Waals surface area contributed by atoms with Crippen LogP contribution in [0.5, 0.6) is 0 Å². The smallest absolute Gasteiger partial charge is 0.407 e. The Balaban J connectivity index is 0.00000242. The van der Waals surface area contributed by atoms with E-state index in [2.05, 4.69) is 20.9 Å². The average molecular weight is 424 g/mol. The van der Waals surface area contributed by atoms with Gasteiger partial charge in [0.25, 0.3) is 0 Å². The Hall–Kier alpha value is -0.730. The molecule has 1 amide bonds. The highest BCUT2D eigenvalue weighted by atomic mass is 127. The fourth-order valence-corrected chi connectivity index (χ4v) is 2.82. The fraction of sp³-hybridized carbons (Fsp3) is 0.867. The normalized spacial score (nSPS) is 20.0. The van der Waals surface area contributed by atoms with Crippen LogP contribution in [0.2, 0.25) is 0 Å². The van der Waals surface area contributed by atoms with E-state index in [0.29, 0.717) is 25.1 Å². The maximum absolute atomic E-state index is 11.6. The second kappa shape index (κ2) is 10.1. The van der Waals surface area contributed by atoms with Crippen molar-refractivity contribution in [3.63, 3.8) is 0 Å². The zero-order valence-electron chi connectivity index (χ0n) is 13.6. The molecule has 22 heavy (non-hydrogen) atoms. The third-order valence-electron chi connectivity index (χ3n) is 4.18. The molecule has 6 nitrogen and oxygen atoms in total. The van der Waals surface area contributed by atoms with Gasteiger partial charge >= 0.3 is 6.09 Å². The van der Waals surface area contributed by atoms with Gasteiger partial charge in [-0.1, -0.05) is 12.8 Å². The number of halogens is 1. The van der Waals surface area contributed by atoms with Gasteiger partial charge in [-0.3, -0.25) is 4.99 Å². The lowest BCUT2D eigenvalue weighted by molar-refractivity contribution is 0.146. The van der Waals surface area contributed by atoms with Crippen molar-refractivity contribution < 1.29 is 9.53 Å². The van der Waals surface area contributed by atoms with Crippen LogP contribution >= 0.6 is 24.0 Å². The summed E-state index contributed by atoms with van der Waals surface area (Å²) in [6.45, 7) is 2.91. The van der Waals surface area contributed by atoms with Crippen LogP contribution in [0.1, 0.15) is 45.4 Å². The van der Waals surface area contributed by atoms with E-state index in [1.165, 1.54) is 38.5 Å². The van der Waals surface area contributed by atoms with Crippen LogP contribution < -0.4 is 16.0 Å². The van der Waals surface area contributed by atoms with Crippen LogP contribution in [0.3, 0.4) is 0 Å². The van der Waals surface area contributed by atoms with Crippen molar-refractivity contribution in [3.05, 3.63) is 0 Å². The van der Waals surface area contributed by atoms with E-state index >= 15 is 0 Å². The van der Waals surface area contributed by atoms with E-state index in [-0.39, 0.29) is 36.1 Å². The van der Waals surface area contributed by atoms with Gasteiger partial charge in [0.1, 0.15) is 0 Å². The fourth-order valence-electron chi connectivity index (χ4n) is 2.82. The third-order valence-corrected chi connectivity index (χ3v) is 4.18. The first-order valence-electron chi connectivity index (χ1n) is 8.13. The Morgan fingerprint density at radius 1 is 1.27 bits per heavy atom. The highest BCUT2D eigenvalue weighted by molar-refractivity contribution is 14.0. The number of guanidine groups is 1. The molecule has 2 fully saturated rings. The second-order valence-corrected chi connectivity index (χ2v) is 5.89. The summed E-state index contributed by atoms with van der Waals surface area (Å²) in [5.74, 6) is 1.39. The predicted molar refractivity (Wildman–Crippen MR) is 98.8 cm³/mol. The molecule has 0 radical (unpaired) electrons. The van der Waals surface area contributed by atoms with Gasteiger partial charge < -0.3 is 20.7 Å². The monoisotopic (exact) mass is 424 g/mol. The van der Waals surface area contributed by atoms with Crippen molar-refractivity contribution in [2.45, 2.75) is 57.5 Å². The number of carbonyl (C=O) groups is 1. The highest BCUT2D eigenvalue weighted by Gasteiger charge is 2.32. The van der Waals surface area contributed by atoms with E-state index in [9.17, 15) is 4.79 Å². The molecule has 0 saturated heterocycles. The minimum atomic E-state index is -0.324. The molecule has 1 atom stereocenters. The third kappa shape index (κ3) is 6.58. The number of amides is 1. The highest BCUT2D eigenvalue weighted by Crippen LogP contribution is 2.32. The largest absolute Gasteiger partial charge is 0.450 e. The van der Waals surface area contributed by atoms with Crippen LogP contribution in [0.15, 0.2) is 4.99 Å². The number of nitrogens with one attached hydrogen (secondary N) is 3. The van der Waals surface area contributed by atoms with Gasteiger partial charge in [0.15, 0.2) is 5.96 Å². The SMILES string of the molecule is CCOC(=O)NC(CNC(=NC)NC1CCCC1)C1CC1.I. The van der Waals surface area contributed by atoms with Crippen molar-refractivity contribution in [2.75, 3.05) is 20.2 Å². The first kappa shape index (κ1) is 19.3. The van der Waals surface area contributed by atoms with Crippen molar-refractivity contribution in [1.29, 1.82) is 0 Å². The van der Waals surface area contributed by atoms with Gasteiger partial charge in [-0.05, 0) is 38.5 Å². The number of rotatable bonds is 6. The molecule has 2 aliphatic carbocycles. The van der Waals surface area contributed by atoms with Gasteiger partial charge in [-0.15, -0.1) is 24.0 Å². The topological polar surface area (TPSA) is 74.8 Å². The van der Waals surface area contributed by atoms with Gasteiger partial charge in [0, 0.05) is 19.6 Å². The molecule has 7 heteroatoms. The summed E-state index contributed by atoms with van der Waals surface area (Å²) in [6, 6.07) is 0.653. The van der Waals surface area contributed by atoms with Gasteiger partial charge in [-0.2, -0.15) is 0 Å². The molecule has 2 rings (SSSR count). The van der Waals surface area contributed by atoms with Crippen LogP contribution in [0.25, 0.3) is 0 Å². The van der Waals surface area contributed by atoms with E-state index in [4.69, 9.17) is 4.74 Å². The average Bonchev–Trinajstić information content (AvgIpc) is 3.19. The number of nitrogens with zero attached hydrogens (tertiary/aromatic N) is 1. The van der Waals surface area contributed by atoms with E-state index in [1.807, 2.05) is 6.92 Å². The Kier molecular flexibility index (Phi) is 8.89. The Labute approximate surface area is 150 Å². The standard InChI is InChI=1S/C15H28N4O2.HI/c1-3-21-15(20)19-13(11-8-9-11)10-17-14(16-2)18-12-6-4-5-7-12;/h11-13H,3-10H2,1-2H3,(H,19,20)(H2,16,17,18);1H. The molecule has 0 aromatic rings. The summed E-state index contributed by atoms with van der Waals surface area (Å²) in [4.78, 5) is 15.8. The maximum Gasteiger partial charge on any atom is 0.407 e. The van der Waals surface area contributed by atoms with E-state index in [0.717, 1.165) is 5.96 Å². The Morgan fingerprint density at radius 3 is 2.50 bits per heavy atom. The van der Waals surface area contributed by atoms with Crippen molar-refractivity contribution in [2.24, 2.45) is 10.9 Å². The molecule has 0 aromatic heterocycles. The Morgan fingerprint density at radius 2 is 1.95 bits per heavy atom. The van der Waals surface area contributed by atoms with Crippen molar-refractivity contribution >= 4 is 36.0 Å². The zero-order valence-corrected chi connectivity index (χ0v) is 15.9. The lowest BCUT2D eigenvalue weighted by Crippen LogP contribution is -2.49. The molecule has 0 heterocycles. The number of hydrogen-bond acceptors (Lipinski definition) is 3. The summed E-state index contributed by atoms with van der Waals surface area (Å²) in [5.41, 5.74) is 0. The summed E-state index contributed by atoms with van der Waals surface area (Å²) >= 11 is 0. The van der Waals surface area contributed by atoms with E-state index in [1.54, 1.807) is 7.05 Å². The van der Waals surface area contributed by atoms with Crippen LogP contribution in [-0.4, -0.2) is 44.3 Å². The predicted octanol–water partition coefficient (Wildman–Crippen LogP) is 2.24. The molecule has 1 unspecified atom stereocenters. The lowest BCUT2D eigenvalue weighted by atomic mass is 10.2. The first-order valence-corrected chi connectivity index (χ1v) is 8.13. The summed E-state index contributed by atoms with van der Waals surface area (Å²) in [7, 11) is 1.79. The second-order valence-electron chi connectivity index (χ2n) is 5.89. The molecule has 0 aliphatic heterocycles. The van der Waals surface area contributed by atoms with Crippen molar-refractivity contribution in [3.8, 4) is 0 Å². The number of hydrogen-bond donors (Lipinski definition) is 3. The molecule has 2 aliphatic rings.